The summed E-state index contributed by atoms with van der Waals surface area (Å²) in [6, 6.07) is 0. The summed E-state index contributed by atoms with van der Waals surface area (Å²) in [6.07, 6.45) is 3.01. The molecular formula is C9H17O2. The van der Waals surface area contributed by atoms with E-state index in [2.05, 4.69) is 20.8 Å². The van der Waals surface area contributed by atoms with Crippen molar-refractivity contribution in [1.29, 1.82) is 0 Å². The van der Waals surface area contributed by atoms with Gasteiger partial charge in [-0.2, -0.15) is 0 Å². The van der Waals surface area contributed by atoms with Crippen LogP contribution in [0.15, 0.2) is 0 Å². The quantitative estimate of drug-likeness (QED) is 0.604. The standard InChI is InChI=1S/C9H17O2/c1-4-9(3,5-2)7-6-8(10)11/h4-7H2,1-3H3. The highest BCUT2D eigenvalue weighted by atomic mass is 16.4. The van der Waals surface area contributed by atoms with E-state index in [1.54, 1.807) is 0 Å². The lowest BCUT2D eigenvalue weighted by molar-refractivity contribution is -0.143. The maximum absolute atomic E-state index is 10.2. The topological polar surface area (TPSA) is 37.0 Å². The molecule has 0 amide bonds. The number of carbonyl (C=O) groups excluding carboxylic acids is 1. The Balaban J connectivity index is 3.78. The Morgan fingerprint density at radius 2 is 1.73 bits per heavy atom. The van der Waals surface area contributed by atoms with Crippen molar-refractivity contribution in [2.45, 2.75) is 46.5 Å². The van der Waals surface area contributed by atoms with E-state index in [-0.39, 0.29) is 11.8 Å². The van der Waals surface area contributed by atoms with E-state index < -0.39 is 5.97 Å². The van der Waals surface area contributed by atoms with Crippen LogP contribution in [0.2, 0.25) is 0 Å². The molecule has 0 heterocycles. The van der Waals surface area contributed by atoms with Crippen LogP contribution >= 0.6 is 0 Å². The lowest BCUT2D eigenvalue weighted by atomic mass is 9.80. The minimum atomic E-state index is -0.932. The molecule has 0 aliphatic rings. The number of carbonyl (C=O) groups is 1. The van der Waals surface area contributed by atoms with Crippen molar-refractivity contribution in [3.8, 4) is 0 Å². The fourth-order valence-electron chi connectivity index (χ4n) is 1.01. The van der Waals surface area contributed by atoms with Gasteiger partial charge in [-0.3, -0.25) is 0 Å². The molecule has 0 rings (SSSR count). The van der Waals surface area contributed by atoms with Gasteiger partial charge in [0.2, 0.25) is 0 Å². The van der Waals surface area contributed by atoms with Crippen molar-refractivity contribution in [3.05, 3.63) is 0 Å². The van der Waals surface area contributed by atoms with Crippen LogP contribution in [-0.4, -0.2) is 5.97 Å². The van der Waals surface area contributed by atoms with E-state index in [1.165, 1.54) is 0 Å². The summed E-state index contributed by atoms with van der Waals surface area (Å²) >= 11 is 0. The second kappa shape index (κ2) is 4.37. The van der Waals surface area contributed by atoms with Crippen molar-refractivity contribution in [1.82, 2.24) is 0 Å². The summed E-state index contributed by atoms with van der Waals surface area (Å²) in [5.41, 5.74) is 0.195. The van der Waals surface area contributed by atoms with E-state index >= 15 is 0 Å². The molecule has 0 N–H and O–H groups in total. The Labute approximate surface area is 68.6 Å². The van der Waals surface area contributed by atoms with Gasteiger partial charge in [-0.05, 0) is 11.8 Å². The Kier molecular flexibility index (Phi) is 4.16. The first kappa shape index (κ1) is 10.5. The first-order chi connectivity index (χ1) is 5.04. The van der Waals surface area contributed by atoms with E-state index in [4.69, 9.17) is 0 Å². The first-order valence-electron chi connectivity index (χ1n) is 4.24. The molecule has 2 nitrogen and oxygen atoms in total. The Morgan fingerprint density at radius 1 is 1.27 bits per heavy atom. The maximum Gasteiger partial charge on any atom is 0.355 e. The molecule has 0 unspecified atom stereocenters. The summed E-state index contributed by atoms with van der Waals surface area (Å²) in [7, 11) is 0. The second-order valence-corrected chi connectivity index (χ2v) is 3.39. The molecule has 0 saturated heterocycles. The smallest absolute Gasteiger partial charge is 0.247 e. The predicted octanol–water partition coefficient (Wildman–Crippen LogP) is 2.55. The van der Waals surface area contributed by atoms with Gasteiger partial charge in [0.05, 0.1) is 6.42 Å². The average Bonchev–Trinajstić information content (AvgIpc) is 2.00. The van der Waals surface area contributed by atoms with Gasteiger partial charge in [-0.15, -0.1) is 0 Å². The largest absolute Gasteiger partial charge is 0.355 e. The summed E-state index contributed by atoms with van der Waals surface area (Å²) in [4.78, 5) is 10.2. The molecule has 1 radical (unpaired) electrons. The Morgan fingerprint density at radius 3 is 2.00 bits per heavy atom. The summed E-state index contributed by atoms with van der Waals surface area (Å²) in [6.45, 7) is 6.31. The second-order valence-electron chi connectivity index (χ2n) is 3.39. The van der Waals surface area contributed by atoms with Crippen molar-refractivity contribution in [2.75, 3.05) is 0 Å². The highest BCUT2D eigenvalue weighted by Gasteiger charge is 2.20. The molecule has 0 aromatic carbocycles. The molecule has 0 spiro atoms. The van der Waals surface area contributed by atoms with Gasteiger partial charge < -0.3 is 0 Å². The number of hydrogen-bond acceptors (Lipinski definition) is 1. The van der Waals surface area contributed by atoms with E-state index in [0.29, 0.717) is 0 Å². The molecule has 11 heavy (non-hydrogen) atoms. The van der Waals surface area contributed by atoms with Gasteiger partial charge >= 0.3 is 5.97 Å². The molecule has 0 fully saturated rings. The van der Waals surface area contributed by atoms with Gasteiger partial charge in [-0.1, -0.05) is 33.6 Å². The molecule has 65 valence electrons. The van der Waals surface area contributed by atoms with Gasteiger partial charge in [0.1, 0.15) is 0 Å². The van der Waals surface area contributed by atoms with Crippen LogP contribution in [0.5, 0.6) is 0 Å². The van der Waals surface area contributed by atoms with Crippen molar-refractivity contribution in [3.63, 3.8) is 0 Å². The molecule has 2 heteroatoms. The van der Waals surface area contributed by atoms with Crippen LogP contribution in [0.25, 0.3) is 0 Å². The normalized spacial score (nSPS) is 11.5. The van der Waals surface area contributed by atoms with Crippen LogP contribution in [0.3, 0.4) is 0 Å². The fourth-order valence-corrected chi connectivity index (χ4v) is 1.01. The first-order valence-corrected chi connectivity index (χ1v) is 4.24. The van der Waals surface area contributed by atoms with Crippen LogP contribution in [0, 0.1) is 5.41 Å². The van der Waals surface area contributed by atoms with E-state index in [0.717, 1.165) is 19.3 Å². The van der Waals surface area contributed by atoms with E-state index in [9.17, 15) is 9.90 Å². The number of hydrogen-bond donors (Lipinski definition) is 0. The van der Waals surface area contributed by atoms with Crippen LogP contribution in [0.4, 0.5) is 0 Å². The molecule has 0 atom stereocenters. The molecule has 0 bridgehead atoms. The minimum absolute atomic E-state index is 0.193. The molecule has 0 aliphatic carbocycles. The minimum Gasteiger partial charge on any atom is -0.247 e. The van der Waals surface area contributed by atoms with Gasteiger partial charge in [0.15, 0.2) is 0 Å². The highest BCUT2D eigenvalue weighted by molar-refractivity contribution is 5.66. The summed E-state index contributed by atoms with van der Waals surface area (Å²) < 4.78 is 0. The fraction of sp³-hybridized carbons (Fsp3) is 0.889. The Hall–Kier alpha value is -0.530. The Bertz CT molecular complexity index is 126. The molecule has 0 aromatic heterocycles. The predicted molar refractivity (Wildman–Crippen MR) is 43.6 cm³/mol. The van der Waals surface area contributed by atoms with Gasteiger partial charge in [0.25, 0.3) is 0 Å². The molecule has 0 aliphatic heterocycles. The van der Waals surface area contributed by atoms with Crippen molar-refractivity contribution >= 4 is 5.97 Å². The summed E-state index contributed by atoms with van der Waals surface area (Å²) in [5, 5.41) is 10.2. The van der Waals surface area contributed by atoms with Crippen molar-refractivity contribution < 1.29 is 9.90 Å². The maximum atomic E-state index is 10.2. The SMILES string of the molecule is CCC(C)(CC)CCC([O])=O. The van der Waals surface area contributed by atoms with Crippen LogP contribution in [0.1, 0.15) is 46.5 Å². The third-order valence-corrected chi connectivity index (χ3v) is 2.64. The zero-order valence-corrected chi connectivity index (χ0v) is 7.64. The molecule has 0 aromatic rings. The lowest BCUT2D eigenvalue weighted by Gasteiger charge is -2.25. The zero-order chi connectivity index (χ0) is 8.91. The third kappa shape index (κ3) is 4.02. The molecule has 0 saturated carbocycles. The number of rotatable bonds is 5. The highest BCUT2D eigenvalue weighted by Crippen LogP contribution is 2.30. The molecular weight excluding hydrogens is 140 g/mol. The van der Waals surface area contributed by atoms with Crippen LogP contribution < -0.4 is 0 Å². The van der Waals surface area contributed by atoms with E-state index in [1.807, 2.05) is 0 Å². The average molecular weight is 157 g/mol. The third-order valence-electron chi connectivity index (χ3n) is 2.64. The van der Waals surface area contributed by atoms with Crippen molar-refractivity contribution in [2.24, 2.45) is 5.41 Å². The monoisotopic (exact) mass is 157 g/mol. The van der Waals surface area contributed by atoms with Gasteiger partial charge in [-0.25, -0.2) is 9.90 Å². The lowest BCUT2D eigenvalue weighted by Crippen LogP contribution is -2.15. The summed E-state index contributed by atoms with van der Waals surface area (Å²) in [5.74, 6) is -0.932. The van der Waals surface area contributed by atoms with Crippen LogP contribution in [-0.2, 0) is 9.90 Å². The van der Waals surface area contributed by atoms with Gasteiger partial charge in [0, 0.05) is 0 Å². The zero-order valence-electron chi connectivity index (χ0n) is 7.64.